The summed E-state index contributed by atoms with van der Waals surface area (Å²) in [4.78, 5) is 81.0. The van der Waals surface area contributed by atoms with E-state index in [1.165, 1.54) is 38.1 Å². The lowest BCUT2D eigenvalue weighted by Gasteiger charge is -2.51. The molecule has 0 heterocycles. The third-order valence-electron chi connectivity index (χ3n) is 11.4. The molecule has 59 heavy (non-hydrogen) atoms. The van der Waals surface area contributed by atoms with Crippen LogP contribution in [-0.4, -0.2) is 87.7 Å². The molecular weight excluding hydrogens is 762 g/mol. The van der Waals surface area contributed by atoms with Crippen molar-refractivity contribution in [1.82, 2.24) is 5.32 Å². The second-order valence-corrected chi connectivity index (χ2v) is 17.1. The van der Waals surface area contributed by atoms with E-state index < -0.39 is 100 Å². The summed E-state index contributed by atoms with van der Waals surface area (Å²) in [6.07, 6.45) is -6.30. The Labute approximate surface area is 343 Å². The maximum atomic E-state index is 14.2. The summed E-state index contributed by atoms with van der Waals surface area (Å²) in [6.45, 7) is 17.5. The Morgan fingerprint density at radius 3 is 1.97 bits per heavy atom. The smallest absolute Gasteiger partial charge is 0.408 e. The van der Waals surface area contributed by atoms with Crippen LogP contribution >= 0.6 is 0 Å². The fourth-order valence-corrected chi connectivity index (χ4v) is 8.80. The number of alkyl carbamates (subject to hydrolysis) is 1. The molecule has 9 atom stereocenters. The zero-order valence-electron chi connectivity index (χ0n) is 34.8. The highest BCUT2D eigenvalue weighted by Gasteiger charge is 2.71. The third kappa shape index (κ3) is 8.74. The Morgan fingerprint density at radius 2 is 1.42 bits per heavy atom. The van der Waals surface area contributed by atoms with Gasteiger partial charge in [0.25, 0.3) is 0 Å². The van der Waals surface area contributed by atoms with Crippen LogP contribution in [0.3, 0.4) is 0 Å². The van der Waals surface area contributed by atoms with Gasteiger partial charge in [0.15, 0.2) is 24.1 Å². The van der Waals surface area contributed by atoms with Crippen LogP contribution in [0.4, 0.5) is 4.79 Å². The van der Waals surface area contributed by atoms with Crippen LogP contribution < -0.4 is 5.32 Å². The molecule has 1 fully saturated rings. The molecule has 3 aliphatic carbocycles. The monoisotopic (exact) mass is 815 g/mol. The number of nitrogens with one attached hydrogen (secondary N) is 1. The van der Waals surface area contributed by atoms with Crippen molar-refractivity contribution < 1.29 is 62.7 Å². The standard InChI is InChI=1S/C45H53NO13/c1-24-30(49)21-22-44(10)33(24)37(55-26(3)47)45(43(8,9)54)23-31(25(2)32(45)36(38(44)56-27(4)48)58-39(51)29-19-15-12-16-20-29)57-40(52)35(50)34(28-17-13-11-14-18-28)46-41(53)59-42(5,6)7/h11-22,31,33-38,50,54H,1,23H2,2-10H3,(H,46,53)/t31-,33-,34-,35+,36+,37-,38-,44+,45-/m0/s1. The van der Waals surface area contributed by atoms with Gasteiger partial charge in [-0.3, -0.25) is 14.4 Å². The summed E-state index contributed by atoms with van der Waals surface area (Å²) < 4.78 is 30.1. The second-order valence-electron chi connectivity index (χ2n) is 17.1. The minimum Gasteiger partial charge on any atom is -0.461 e. The van der Waals surface area contributed by atoms with Gasteiger partial charge in [0.05, 0.1) is 22.6 Å². The van der Waals surface area contributed by atoms with Crippen molar-refractivity contribution in [2.24, 2.45) is 16.7 Å². The van der Waals surface area contributed by atoms with Gasteiger partial charge in [-0.1, -0.05) is 68.1 Å². The molecule has 0 bridgehead atoms. The minimum absolute atomic E-state index is 0.0381. The van der Waals surface area contributed by atoms with E-state index in [-0.39, 0.29) is 28.7 Å². The molecule has 0 aromatic heterocycles. The number of allylic oxidation sites excluding steroid dienone is 1. The second kappa shape index (κ2) is 16.6. The Morgan fingerprint density at radius 1 is 0.864 bits per heavy atom. The van der Waals surface area contributed by atoms with Gasteiger partial charge >= 0.3 is 30.0 Å². The summed E-state index contributed by atoms with van der Waals surface area (Å²) in [7, 11) is 0. The van der Waals surface area contributed by atoms with Gasteiger partial charge in [0, 0.05) is 37.2 Å². The largest absolute Gasteiger partial charge is 0.461 e. The van der Waals surface area contributed by atoms with E-state index in [4.69, 9.17) is 23.7 Å². The number of ether oxygens (including phenoxy) is 5. The summed E-state index contributed by atoms with van der Waals surface area (Å²) in [6, 6.07) is 14.9. The molecule has 316 valence electrons. The number of fused-ring (bicyclic) bond motifs is 2. The Bertz CT molecular complexity index is 2060. The molecule has 0 radical (unpaired) electrons. The zero-order chi connectivity index (χ0) is 43.8. The SMILES string of the molecule is C=C1C(=O)C=C[C@@]2(C)[C@@H](OC(C)=O)[C@H](OC(=O)c3ccccc3)C3=C(C)[C@@H](OC(=O)[C@H](O)[C@@H](NC(=O)OC(C)(C)C)c4ccccc4)C[C@@]3(C(C)(C)O)[C@@H](OC(C)=O)[C@H]12. The fraction of sp³-hybridized carbons (Fsp3) is 0.467. The topological polar surface area (TPSA) is 201 Å². The Hall–Kier alpha value is -5.60. The van der Waals surface area contributed by atoms with Gasteiger partial charge in [-0.15, -0.1) is 0 Å². The van der Waals surface area contributed by atoms with Gasteiger partial charge in [0.2, 0.25) is 0 Å². The third-order valence-corrected chi connectivity index (χ3v) is 11.4. The molecule has 0 aliphatic heterocycles. The highest BCUT2D eigenvalue weighted by Crippen LogP contribution is 2.65. The minimum atomic E-state index is -2.01. The quantitative estimate of drug-likeness (QED) is 0.119. The fourth-order valence-electron chi connectivity index (χ4n) is 8.80. The van der Waals surface area contributed by atoms with Crippen LogP contribution in [0.15, 0.2) is 96.1 Å². The van der Waals surface area contributed by atoms with E-state index in [9.17, 15) is 39.0 Å². The summed E-state index contributed by atoms with van der Waals surface area (Å²) in [5, 5.41) is 26.7. The first-order chi connectivity index (χ1) is 27.4. The first-order valence-electron chi connectivity index (χ1n) is 19.3. The van der Waals surface area contributed by atoms with Gasteiger partial charge in [-0.25, -0.2) is 14.4 Å². The van der Waals surface area contributed by atoms with Crippen LogP contribution in [0.5, 0.6) is 0 Å². The number of ketones is 1. The molecule has 2 aromatic carbocycles. The zero-order valence-corrected chi connectivity index (χ0v) is 34.8. The van der Waals surface area contributed by atoms with Crippen molar-refractivity contribution in [3.63, 3.8) is 0 Å². The van der Waals surface area contributed by atoms with Gasteiger partial charge in [-0.2, -0.15) is 0 Å². The molecule has 14 nitrogen and oxygen atoms in total. The van der Waals surface area contributed by atoms with E-state index in [1.54, 1.807) is 83.1 Å². The number of carbonyl (C=O) groups is 6. The van der Waals surface area contributed by atoms with E-state index in [0.29, 0.717) is 5.56 Å². The first kappa shape index (κ1) is 44.5. The molecule has 3 N–H and O–H groups in total. The number of aliphatic hydroxyl groups excluding tert-OH is 1. The van der Waals surface area contributed by atoms with E-state index >= 15 is 0 Å². The number of carbonyl (C=O) groups excluding carboxylic acids is 6. The van der Waals surface area contributed by atoms with E-state index in [2.05, 4.69) is 11.9 Å². The first-order valence-corrected chi connectivity index (χ1v) is 19.3. The normalized spacial score (nSPS) is 27.6. The van der Waals surface area contributed by atoms with Crippen LogP contribution in [0.25, 0.3) is 0 Å². The lowest BCUT2D eigenvalue weighted by atomic mass is 9.57. The van der Waals surface area contributed by atoms with Crippen molar-refractivity contribution in [3.05, 3.63) is 107 Å². The molecule has 2 aromatic rings. The lowest BCUT2D eigenvalue weighted by Crippen LogP contribution is -2.59. The summed E-state index contributed by atoms with van der Waals surface area (Å²) >= 11 is 0. The molecule has 0 saturated heterocycles. The van der Waals surface area contributed by atoms with Gasteiger partial charge in [0.1, 0.15) is 17.8 Å². The Balaban J connectivity index is 1.73. The molecule has 0 spiro atoms. The van der Waals surface area contributed by atoms with Crippen molar-refractivity contribution in [1.29, 1.82) is 0 Å². The van der Waals surface area contributed by atoms with Crippen molar-refractivity contribution in [2.75, 3.05) is 0 Å². The Kier molecular flexibility index (Phi) is 12.5. The summed E-state index contributed by atoms with van der Waals surface area (Å²) in [5.74, 6) is -5.33. The van der Waals surface area contributed by atoms with E-state index in [1.807, 2.05) is 0 Å². The van der Waals surface area contributed by atoms with Gasteiger partial charge < -0.3 is 39.2 Å². The molecule has 1 saturated carbocycles. The molecule has 1 amide bonds. The number of aliphatic hydroxyl groups is 2. The number of rotatable bonds is 10. The lowest BCUT2D eigenvalue weighted by molar-refractivity contribution is -0.184. The maximum absolute atomic E-state index is 14.2. The molecule has 3 aliphatic rings. The number of hydrogen-bond donors (Lipinski definition) is 3. The van der Waals surface area contributed by atoms with Crippen molar-refractivity contribution in [3.8, 4) is 0 Å². The number of esters is 4. The van der Waals surface area contributed by atoms with Crippen LogP contribution in [0.1, 0.15) is 90.7 Å². The highest BCUT2D eigenvalue weighted by molar-refractivity contribution is 6.05. The van der Waals surface area contributed by atoms with Crippen LogP contribution in [0.2, 0.25) is 0 Å². The van der Waals surface area contributed by atoms with Crippen molar-refractivity contribution >= 4 is 35.8 Å². The number of amides is 1. The molecule has 0 unspecified atom stereocenters. The predicted octanol–water partition coefficient (Wildman–Crippen LogP) is 5.42. The highest BCUT2D eigenvalue weighted by atomic mass is 16.6. The number of hydrogen-bond acceptors (Lipinski definition) is 13. The molecular formula is C45H53NO13. The summed E-state index contributed by atoms with van der Waals surface area (Å²) in [5.41, 5.74) is -5.41. The van der Waals surface area contributed by atoms with Crippen LogP contribution in [-0.2, 0) is 42.9 Å². The predicted molar refractivity (Wildman–Crippen MR) is 212 cm³/mol. The average Bonchev–Trinajstić information content (AvgIpc) is 3.41. The number of benzene rings is 2. The van der Waals surface area contributed by atoms with Crippen LogP contribution in [0, 0.1) is 16.7 Å². The molecule has 5 rings (SSSR count). The molecule has 14 heteroatoms. The van der Waals surface area contributed by atoms with Gasteiger partial charge in [-0.05, 0) is 76.5 Å². The van der Waals surface area contributed by atoms with Crippen molar-refractivity contribution in [2.45, 2.75) is 116 Å². The van der Waals surface area contributed by atoms with E-state index in [0.717, 1.165) is 13.8 Å². The average molecular weight is 816 g/mol. The maximum Gasteiger partial charge on any atom is 0.408 e.